The fraction of sp³-hybridized carbons (Fsp3) is 0.625. The van der Waals surface area contributed by atoms with Gasteiger partial charge in [0.25, 0.3) is 0 Å². The van der Waals surface area contributed by atoms with Crippen molar-refractivity contribution in [3.05, 3.63) is 23.8 Å². The number of carbonyl (C=O) groups is 2. The number of aryl methyl sites for hydroxylation is 1. The Kier molecular flexibility index (Phi) is 8.36. The number of aldehydes is 1. The Morgan fingerprint density at radius 2 is 2.09 bits per heavy atom. The standard InChI is InChI=1S/C24H34N6O3S/c1-25-24(32)30(11-4-14-31)23-21-7-6-20(15-22(21)27(2)26-23)19-8-12-28(13-9-19)16-18-5-3-10-29(17-18)34-33/h6-7,14-15,18-19H,3-5,8-13,16-17H2,1-2H3/p+1. The number of nitrogens with one attached hydrogen (secondary N) is 1. The third-order valence-corrected chi connectivity index (χ3v) is 7.75. The van der Waals surface area contributed by atoms with Crippen LogP contribution >= 0.6 is 11.7 Å². The number of carbonyl (C=O) groups excluding carboxylic acids is 2. The minimum atomic E-state index is -0.270. The number of hydrogen-bond acceptors (Lipinski definition) is 5. The average molecular weight is 488 g/mol. The minimum absolute atomic E-state index is 0.261. The number of urea groups is 1. The molecule has 0 saturated carbocycles. The normalized spacial score (nSPS) is 20.3. The predicted molar refractivity (Wildman–Crippen MR) is 134 cm³/mol. The molecule has 1 atom stereocenters. The van der Waals surface area contributed by atoms with Gasteiger partial charge in [0.2, 0.25) is 0 Å². The van der Waals surface area contributed by atoms with Gasteiger partial charge in [0.15, 0.2) is 5.82 Å². The summed E-state index contributed by atoms with van der Waals surface area (Å²) in [6.45, 7) is 5.37. The van der Waals surface area contributed by atoms with E-state index < -0.39 is 0 Å². The molecule has 10 heteroatoms. The van der Waals surface area contributed by atoms with Gasteiger partial charge in [-0.05, 0) is 0 Å². The van der Waals surface area contributed by atoms with Crippen molar-refractivity contribution in [2.24, 2.45) is 13.0 Å². The van der Waals surface area contributed by atoms with Gasteiger partial charge in [0.1, 0.15) is 6.29 Å². The van der Waals surface area contributed by atoms with Crippen LogP contribution in [0.3, 0.4) is 0 Å². The van der Waals surface area contributed by atoms with Gasteiger partial charge >= 0.3 is 130 Å². The number of anilines is 1. The molecule has 1 N–H and O–H groups in total. The maximum atomic E-state index is 12.4. The van der Waals surface area contributed by atoms with E-state index in [2.05, 4.69) is 33.5 Å². The molecule has 0 spiro atoms. The molecule has 184 valence electrons. The molecule has 2 saturated heterocycles. The summed E-state index contributed by atoms with van der Waals surface area (Å²) in [6, 6.07) is 6.17. The van der Waals surface area contributed by atoms with E-state index in [1.54, 1.807) is 7.05 Å². The summed E-state index contributed by atoms with van der Waals surface area (Å²) in [4.78, 5) is 27.4. The zero-order valence-corrected chi connectivity index (χ0v) is 20.9. The number of piperidine rings is 2. The summed E-state index contributed by atoms with van der Waals surface area (Å²) < 4.78 is 14.9. The molecule has 2 amide bonds. The quantitative estimate of drug-likeness (QED) is 0.368. The second kappa shape index (κ2) is 11.4. The van der Waals surface area contributed by atoms with Crippen molar-refractivity contribution in [1.82, 2.24) is 24.3 Å². The Balaban J connectivity index is 1.43. The number of fused-ring (bicyclic) bond motifs is 1. The summed E-state index contributed by atoms with van der Waals surface area (Å²) in [5.74, 6) is 1.68. The molecule has 1 unspecified atom stereocenters. The van der Waals surface area contributed by atoms with Crippen LogP contribution in [0.5, 0.6) is 0 Å². The first-order valence-electron chi connectivity index (χ1n) is 12.2. The zero-order chi connectivity index (χ0) is 24.1. The first kappa shape index (κ1) is 24.8. The second-order valence-electron chi connectivity index (χ2n) is 9.43. The van der Waals surface area contributed by atoms with E-state index in [4.69, 9.17) is 0 Å². The maximum absolute atomic E-state index is 12.4. The average Bonchev–Trinajstić information content (AvgIpc) is 3.20. The molecule has 0 aliphatic carbocycles. The Bertz CT molecular complexity index is 1060. The van der Waals surface area contributed by atoms with Crippen molar-refractivity contribution in [3.8, 4) is 0 Å². The minimum Gasteiger partial charge on any atom is 0.0447 e. The molecule has 2 aliphatic rings. The van der Waals surface area contributed by atoms with Gasteiger partial charge in [-0.25, -0.2) is 4.79 Å². The monoisotopic (exact) mass is 487 g/mol. The number of likely N-dealkylation sites (tertiary alicyclic amines) is 1. The first-order valence-corrected chi connectivity index (χ1v) is 12.9. The Morgan fingerprint density at radius 3 is 2.79 bits per heavy atom. The van der Waals surface area contributed by atoms with Gasteiger partial charge < -0.3 is 10.1 Å². The predicted octanol–water partition coefficient (Wildman–Crippen LogP) is 3.19. The van der Waals surface area contributed by atoms with Crippen LogP contribution in [-0.2, 0) is 15.9 Å². The number of amides is 2. The molecule has 34 heavy (non-hydrogen) atoms. The number of rotatable bonds is 7. The molecule has 3 heterocycles. The number of nitrogens with zero attached hydrogens (tertiary/aromatic N) is 5. The summed E-state index contributed by atoms with van der Waals surface area (Å²) in [6.07, 6.45) is 5.65. The van der Waals surface area contributed by atoms with Gasteiger partial charge in [-0.2, -0.15) is 5.10 Å². The van der Waals surface area contributed by atoms with Crippen molar-refractivity contribution < 1.29 is 13.6 Å². The van der Waals surface area contributed by atoms with Gasteiger partial charge in [-0.3, -0.25) is 9.58 Å². The van der Waals surface area contributed by atoms with Crippen molar-refractivity contribution in [2.45, 2.75) is 38.0 Å². The number of hydrogen-bond donors (Lipinski definition) is 1. The van der Waals surface area contributed by atoms with Gasteiger partial charge in [0, 0.05) is 32.4 Å². The van der Waals surface area contributed by atoms with Crippen LogP contribution in [0.15, 0.2) is 18.2 Å². The van der Waals surface area contributed by atoms with Crippen molar-refractivity contribution in [2.75, 3.05) is 51.2 Å². The topological polar surface area (TPSA) is 93.6 Å². The van der Waals surface area contributed by atoms with Crippen LogP contribution in [0.2, 0.25) is 0 Å². The van der Waals surface area contributed by atoms with Gasteiger partial charge in [-0.15, -0.1) is 0 Å². The molecular weight excluding hydrogens is 452 g/mol. The molecule has 0 bridgehead atoms. The van der Waals surface area contributed by atoms with E-state index in [0.29, 0.717) is 35.9 Å². The Hall–Kier alpha value is -2.27. The first-order chi connectivity index (χ1) is 16.5. The van der Waals surface area contributed by atoms with Crippen molar-refractivity contribution in [1.29, 1.82) is 0 Å². The van der Waals surface area contributed by atoms with Crippen molar-refractivity contribution >= 4 is 40.7 Å². The fourth-order valence-electron chi connectivity index (χ4n) is 5.39. The van der Waals surface area contributed by atoms with E-state index in [9.17, 15) is 13.6 Å². The van der Waals surface area contributed by atoms with Crippen LogP contribution in [-0.4, -0.2) is 77.6 Å². The third-order valence-electron chi connectivity index (χ3n) is 7.20. The van der Waals surface area contributed by atoms with E-state index in [1.165, 1.54) is 16.9 Å². The molecule has 2 aliphatic heterocycles. The van der Waals surface area contributed by atoms with E-state index in [-0.39, 0.29) is 12.5 Å². The molecule has 2 aromatic rings. The van der Waals surface area contributed by atoms with Gasteiger partial charge in [-0.1, -0.05) is 0 Å². The van der Waals surface area contributed by atoms with E-state index in [0.717, 1.165) is 69.2 Å². The smallest absolute Gasteiger partial charge is 0.0447 e. The van der Waals surface area contributed by atoms with Crippen LogP contribution in [0.1, 0.15) is 43.6 Å². The molecule has 1 aromatic heterocycles. The second-order valence-corrected chi connectivity index (χ2v) is 10.1. The number of aromatic nitrogens is 2. The van der Waals surface area contributed by atoms with Crippen molar-refractivity contribution in [3.63, 3.8) is 0 Å². The SMILES string of the molecule is CNC(=O)N(CCC=O)c1nn(C)c2cc(C3CCN(CC4CCCN(S#[O+])C4)CC3)ccc12. The zero-order valence-electron chi connectivity index (χ0n) is 20.1. The summed E-state index contributed by atoms with van der Waals surface area (Å²) in [5.41, 5.74) is 2.31. The van der Waals surface area contributed by atoms with E-state index in [1.807, 2.05) is 16.0 Å². The molecule has 9 nitrogen and oxygen atoms in total. The summed E-state index contributed by atoms with van der Waals surface area (Å²) >= 11 is 0.638. The Morgan fingerprint density at radius 1 is 1.29 bits per heavy atom. The van der Waals surface area contributed by atoms with Gasteiger partial charge in [0.05, 0.1) is 0 Å². The summed E-state index contributed by atoms with van der Waals surface area (Å²) in [5, 5.41) is 8.18. The van der Waals surface area contributed by atoms with Crippen LogP contribution in [0.4, 0.5) is 10.6 Å². The molecule has 0 radical (unpaired) electrons. The molecule has 1 aromatic carbocycles. The third kappa shape index (κ3) is 5.51. The van der Waals surface area contributed by atoms with Crippen LogP contribution < -0.4 is 10.2 Å². The fourth-order valence-corrected chi connectivity index (χ4v) is 5.86. The number of benzene rings is 1. The molecule has 4 rings (SSSR count). The Labute approximate surface area is 204 Å². The van der Waals surface area contributed by atoms with Crippen LogP contribution in [0.25, 0.3) is 10.9 Å². The summed E-state index contributed by atoms with van der Waals surface area (Å²) in [7, 11) is 3.48. The molecule has 2 fully saturated rings. The van der Waals surface area contributed by atoms with E-state index >= 15 is 0 Å². The molecular formula is C24H35N6O3S+. The van der Waals surface area contributed by atoms with Crippen LogP contribution in [0, 0.1) is 5.92 Å².